The van der Waals surface area contributed by atoms with Crippen molar-refractivity contribution in [2.24, 2.45) is 0 Å². The third kappa shape index (κ3) is 2.73. The Morgan fingerprint density at radius 3 is 2.50 bits per heavy atom. The summed E-state index contributed by atoms with van der Waals surface area (Å²) in [6.45, 7) is 7.65. The first kappa shape index (κ1) is 13.5. The SMILES string of the molecule is CCCN1CCN(S(=O)(=O)c2cnc(C)[nH]2)CC1. The summed E-state index contributed by atoms with van der Waals surface area (Å²) in [6, 6.07) is 0. The molecule has 0 radical (unpaired) electrons. The molecule has 2 rings (SSSR count). The summed E-state index contributed by atoms with van der Waals surface area (Å²) in [5.74, 6) is 0.623. The molecule has 0 atom stereocenters. The Morgan fingerprint density at radius 2 is 2.00 bits per heavy atom. The molecule has 1 aromatic heterocycles. The maximum Gasteiger partial charge on any atom is 0.260 e. The van der Waals surface area contributed by atoms with Crippen LogP contribution in [-0.2, 0) is 10.0 Å². The molecule has 18 heavy (non-hydrogen) atoms. The zero-order valence-electron chi connectivity index (χ0n) is 10.9. The Bertz CT molecular complexity index is 489. The maximum absolute atomic E-state index is 12.3. The van der Waals surface area contributed by atoms with Gasteiger partial charge in [-0.05, 0) is 19.9 Å². The average molecular weight is 272 g/mol. The minimum Gasteiger partial charge on any atom is -0.332 e. The number of H-pyrrole nitrogens is 1. The van der Waals surface area contributed by atoms with Gasteiger partial charge in [0.2, 0.25) is 0 Å². The van der Waals surface area contributed by atoms with Crippen LogP contribution in [0.5, 0.6) is 0 Å². The lowest BCUT2D eigenvalue weighted by Crippen LogP contribution is -2.48. The number of nitrogens with one attached hydrogen (secondary N) is 1. The van der Waals surface area contributed by atoms with E-state index in [9.17, 15) is 8.42 Å². The second-order valence-corrected chi connectivity index (χ2v) is 6.48. The fraction of sp³-hybridized carbons (Fsp3) is 0.727. The van der Waals surface area contributed by atoms with E-state index in [0.29, 0.717) is 18.9 Å². The van der Waals surface area contributed by atoms with E-state index < -0.39 is 10.0 Å². The van der Waals surface area contributed by atoms with Crippen LogP contribution in [0.2, 0.25) is 0 Å². The number of nitrogens with zero attached hydrogens (tertiary/aromatic N) is 3. The third-order valence-corrected chi connectivity index (χ3v) is 4.98. The number of hydrogen-bond donors (Lipinski definition) is 1. The smallest absolute Gasteiger partial charge is 0.260 e. The largest absolute Gasteiger partial charge is 0.332 e. The van der Waals surface area contributed by atoms with Crippen LogP contribution in [0.1, 0.15) is 19.2 Å². The standard InChI is InChI=1S/C11H20N4O2S/c1-3-4-14-5-7-15(8-6-14)18(16,17)11-9-12-10(2)13-11/h9H,3-8H2,1-2H3,(H,12,13). The van der Waals surface area contributed by atoms with E-state index in [2.05, 4.69) is 21.8 Å². The van der Waals surface area contributed by atoms with E-state index in [4.69, 9.17) is 0 Å². The molecule has 0 amide bonds. The minimum absolute atomic E-state index is 0.198. The lowest BCUT2D eigenvalue weighted by atomic mass is 10.3. The van der Waals surface area contributed by atoms with Crippen LogP contribution in [0.4, 0.5) is 0 Å². The van der Waals surface area contributed by atoms with Gasteiger partial charge in [0.15, 0.2) is 5.03 Å². The normalized spacial score (nSPS) is 19.2. The molecule has 0 aromatic carbocycles. The molecule has 0 saturated carbocycles. The van der Waals surface area contributed by atoms with Crippen molar-refractivity contribution in [1.29, 1.82) is 0 Å². The summed E-state index contributed by atoms with van der Waals surface area (Å²) >= 11 is 0. The average Bonchev–Trinajstić information content (AvgIpc) is 2.78. The molecule has 0 spiro atoms. The van der Waals surface area contributed by atoms with Gasteiger partial charge in [0.1, 0.15) is 5.82 Å². The van der Waals surface area contributed by atoms with Crippen molar-refractivity contribution < 1.29 is 8.42 Å². The zero-order valence-corrected chi connectivity index (χ0v) is 11.7. The summed E-state index contributed by atoms with van der Waals surface area (Å²) in [5, 5.41) is 0.198. The van der Waals surface area contributed by atoms with Gasteiger partial charge in [0.05, 0.1) is 6.20 Å². The molecule has 6 nitrogen and oxygen atoms in total. The van der Waals surface area contributed by atoms with Crippen molar-refractivity contribution in [2.45, 2.75) is 25.3 Å². The van der Waals surface area contributed by atoms with E-state index in [1.54, 1.807) is 6.92 Å². The highest BCUT2D eigenvalue weighted by atomic mass is 32.2. The van der Waals surface area contributed by atoms with E-state index in [0.717, 1.165) is 26.1 Å². The van der Waals surface area contributed by atoms with E-state index in [-0.39, 0.29) is 5.03 Å². The number of aromatic nitrogens is 2. The zero-order chi connectivity index (χ0) is 13.2. The molecule has 7 heteroatoms. The number of piperazine rings is 1. The van der Waals surface area contributed by atoms with Crippen LogP contribution in [0.3, 0.4) is 0 Å². The molecule has 1 N–H and O–H groups in total. The van der Waals surface area contributed by atoms with Gasteiger partial charge in [-0.1, -0.05) is 6.92 Å². The van der Waals surface area contributed by atoms with Gasteiger partial charge in [-0.25, -0.2) is 13.4 Å². The molecule has 102 valence electrons. The quantitative estimate of drug-likeness (QED) is 0.863. The second-order valence-electron chi connectivity index (χ2n) is 4.58. The molecule has 1 saturated heterocycles. The summed E-state index contributed by atoms with van der Waals surface area (Å²) in [7, 11) is -3.39. The number of rotatable bonds is 4. The van der Waals surface area contributed by atoms with E-state index in [1.807, 2.05) is 0 Å². The Kier molecular flexibility index (Phi) is 4.04. The lowest BCUT2D eigenvalue weighted by molar-refractivity contribution is 0.188. The van der Waals surface area contributed by atoms with Crippen LogP contribution in [0, 0.1) is 6.92 Å². The van der Waals surface area contributed by atoms with Gasteiger partial charge in [-0.3, -0.25) is 0 Å². The van der Waals surface area contributed by atoms with Crippen molar-refractivity contribution in [3.8, 4) is 0 Å². The molecule has 1 aromatic rings. The highest BCUT2D eigenvalue weighted by molar-refractivity contribution is 7.89. The lowest BCUT2D eigenvalue weighted by Gasteiger charge is -2.33. The van der Waals surface area contributed by atoms with Crippen LogP contribution in [0.25, 0.3) is 0 Å². The van der Waals surface area contributed by atoms with Crippen LogP contribution >= 0.6 is 0 Å². The number of sulfonamides is 1. The molecule has 0 aliphatic carbocycles. The number of hydrogen-bond acceptors (Lipinski definition) is 4. The monoisotopic (exact) mass is 272 g/mol. The molecular formula is C11H20N4O2S. The first-order valence-corrected chi connectivity index (χ1v) is 7.72. The maximum atomic E-state index is 12.3. The molecular weight excluding hydrogens is 252 g/mol. The van der Waals surface area contributed by atoms with E-state index >= 15 is 0 Å². The fourth-order valence-electron chi connectivity index (χ4n) is 2.18. The van der Waals surface area contributed by atoms with Crippen molar-refractivity contribution in [2.75, 3.05) is 32.7 Å². The van der Waals surface area contributed by atoms with Gasteiger partial charge in [-0.2, -0.15) is 4.31 Å². The van der Waals surface area contributed by atoms with Gasteiger partial charge in [-0.15, -0.1) is 0 Å². The molecule has 0 bridgehead atoms. The third-order valence-electron chi connectivity index (χ3n) is 3.17. The molecule has 0 unspecified atom stereocenters. The van der Waals surface area contributed by atoms with Crippen molar-refractivity contribution in [3.05, 3.63) is 12.0 Å². The molecule has 1 fully saturated rings. The predicted molar refractivity (Wildman–Crippen MR) is 68.8 cm³/mol. The van der Waals surface area contributed by atoms with Gasteiger partial charge in [0.25, 0.3) is 10.0 Å². The first-order valence-electron chi connectivity index (χ1n) is 6.28. The van der Waals surface area contributed by atoms with Gasteiger partial charge < -0.3 is 9.88 Å². The highest BCUT2D eigenvalue weighted by Gasteiger charge is 2.29. The Morgan fingerprint density at radius 1 is 1.33 bits per heavy atom. The first-order chi connectivity index (χ1) is 8.54. The van der Waals surface area contributed by atoms with Gasteiger partial charge in [0, 0.05) is 26.2 Å². The summed E-state index contributed by atoms with van der Waals surface area (Å²) < 4.78 is 26.1. The summed E-state index contributed by atoms with van der Waals surface area (Å²) in [6.07, 6.45) is 2.50. The number of imidazole rings is 1. The highest BCUT2D eigenvalue weighted by Crippen LogP contribution is 2.15. The number of aryl methyl sites for hydroxylation is 1. The molecule has 1 aliphatic heterocycles. The molecule has 2 heterocycles. The Labute approximate surface area is 108 Å². The number of aromatic amines is 1. The summed E-state index contributed by atoms with van der Waals surface area (Å²) in [5.41, 5.74) is 0. The van der Waals surface area contributed by atoms with Crippen molar-refractivity contribution >= 4 is 10.0 Å². The topological polar surface area (TPSA) is 69.3 Å². The fourth-order valence-corrected chi connectivity index (χ4v) is 3.56. The van der Waals surface area contributed by atoms with Crippen LogP contribution in [0.15, 0.2) is 11.2 Å². The molecule has 1 aliphatic rings. The van der Waals surface area contributed by atoms with Gasteiger partial charge >= 0.3 is 0 Å². The minimum atomic E-state index is -3.39. The Balaban J connectivity index is 2.05. The van der Waals surface area contributed by atoms with Crippen LogP contribution in [-0.4, -0.2) is 60.3 Å². The van der Waals surface area contributed by atoms with Crippen molar-refractivity contribution in [3.63, 3.8) is 0 Å². The summed E-state index contributed by atoms with van der Waals surface area (Å²) in [4.78, 5) is 9.04. The van der Waals surface area contributed by atoms with Crippen LogP contribution < -0.4 is 0 Å². The van der Waals surface area contributed by atoms with Crippen molar-refractivity contribution in [1.82, 2.24) is 19.2 Å². The second kappa shape index (κ2) is 5.38. The van der Waals surface area contributed by atoms with E-state index in [1.165, 1.54) is 10.5 Å². The Hall–Kier alpha value is -0.920. The predicted octanol–water partition coefficient (Wildman–Crippen LogP) is 0.434.